The summed E-state index contributed by atoms with van der Waals surface area (Å²) in [6.45, 7) is 1.47. The summed E-state index contributed by atoms with van der Waals surface area (Å²) in [6.07, 6.45) is 7.91. The highest BCUT2D eigenvalue weighted by molar-refractivity contribution is 5.47. The van der Waals surface area contributed by atoms with E-state index in [2.05, 4.69) is 20.2 Å². The van der Waals surface area contributed by atoms with Gasteiger partial charge in [0.2, 0.25) is 5.82 Å². The molecule has 114 valence electrons. The number of rotatable bonds is 4. The summed E-state index contributed by atoms with van der Waals surface area (Å²) in [5.74, 6) is 1.33. The molecule has 1 aliphatic rings. The molecule has 0 aromatic carbocycles. The SMILES string of the molecule is Cn1cncc1-c1noc([C@H]2OCC[C@H]2Cn2cccn2)n1. The lowest BCUT2D eigenvalue weighted by Gasteiger charge is -2.14. The normalized spacial score (nSPS) is 21.5. The lowest BCUT2D eigenvalue weighted by molar-refractivity contribution is 0.0578. The first-order valence-electron chi connectivity index (χ1n) is 7.20. The fraction of sp³-hybridized carbons (Fsp3) is 0.429. The van der Waals surface area contributed by atoms with Gasteiger partial charge < -0.3 is 13.8 Å². The van der Waals surface area contributed by atoms with Crippen LogP contribution in [-0.2, 0) is 18.3 Å². The topological polar surface area (TPSA) is 83.8 Å². The van der Waals surface area contributed by atoms with Gasteiger partial charge in [-0.15, -0.1) is 0 Å². The van der Waals surface area contributed by atoms with Crippen LogP contribution in [0.3, 0.4) is 0 Å². The van der Waals surface area contributed by atoms with Crippen molar-refractivity contribution in [2.45, 2.75) is 19.1 Å². The molecule has 8 nitrogen and oxygen atoms in total. The largest absolute Gasteiger partial charge is 0.368 e. The summed E-state index contributed by atoms with van der Waals surface area (Å²) >= 11 is 0. The Bertz CT molecular complexity index is 747. The third-order valence-corrected chi connectivity index (χ3v) is 3.93. The molecule has 22 heavy (non-hydrogen) atoms. The van der Waals surface area contributed by atoms with Gasteiger partial charge in [-0.2, -0.15) is 10.1 Å². The number of aromatic nitrogens is 6. The molecule has 0 bridgehead atoms. The van der Waals surface area contributed by atoms with Crippen molar-refractivity contribution in [3.8, 4) is 11.5 Å². The third-order valence-electron chi connectivity index (χ3n) is 3.93. The van der Waals surface area contributed by atoms with Crippen molar-refractivity contribution >= 4 is 0 Å². The van der Waals surface area contributed by atoms with E-state index in [1.165, 1.54) is 0 Å². The molecule has 0 radical (unpaired) electrons. The molecule has 4 rings (SSSR count). The minimum atomic E-state index is -0.182. The molecule has 0 spiro atoms. The van der Waals surface area contributed by atoms with Crippen LogP contribution in [0.25, 0.3) is 11.5 Å². The second-order valence-electron chi connectivity index (χ2n) is 5.41. The zero-order chi connectivity index (χ0) is 14.9. The molecule has 0 N–H and O–H groups in total. The van der Waals surface area contributed by atoms with Crippen LogP contribution in [0.1, 0.15) is 18.4 Å². The van der Waals surface area contributed by atoms with Gasteiger partial charge in [0.05, 0.1) is 12.5 Å². The minimum absolute atomic E-state index is 0.182. The molecule has 8 heteroatoms. The summed E-state index contributed by atoms with van der Waals surface area (Å²) in [5.41, 5.74) is 0.816. The van der Waals surface area contributed by atoms with Gasteiger partial charge in [0.15, 0.2) is 0 Å². The Morgan fingerprint density at radius 3 is 3.14 bits per heavy atom. The second-order valence-corrected chi connectivity index (χ2v) is 5.41. The fourth-order valence-corrected chi connectivity index (χ4v) is 2.77. The van der Waals surface area contributed by atoms with Crippen LogP contribution in [-0.4, -0.2) is 36.1 Å². The molecule has 1 fully saturated rings. The predicted octanol–water partition coefficient (Wildman–Crippen LogP) is 1.44. The lowest BCUT2D eigenvalue weighted by atomic mass is 10.0. The number of hydrogen-bond donors (Lipinski definition) is 0. The lowest BCUT2D eigenvalue weighted by Crippen LogP contribution is -2.15. The first-order chi connectivity index (χ1) is 10.8. The number of aryl methyl sites for hydroxylation is 1. The van der Waals surface area contributed by atoms with Crippen molar-refractivity contribution in [2.75, 3.05) is 6.61 Å². The molecule has 1 saturated heterocycles. The predicted molar refractivity (Wildman–Crippen MR) is 75.5 cm³/mol. The van der Waals surface area contributed by atoms with E-state index >= 15 is 0 Å². The Balaban J connectivity index is 1.56. The maximum absolute atomic E-state index is 5.80. The maximum atomic E-state index is 5.80. The van der Waals surface area contributed by atoms with E-state index in [0.717, 1.165) is 18.7 Å². The molecule has 3 aromatic heterocycles. The monoisotopic (exact) mass is 300 g/mol. The van der Waals surface area contributed by atoms with Crippen LogP contribution >= 0.6 is 0 Å². The summed E-state index contributed by atoms with van der Waals surface area (Å²) in [5, 5.41) is 8.29. The van der Waals surface area contributed by atoms with E-state index < -0.39 is 0 Å². The quantitative estimate of drug-likeness (QED) is 0.725. The van der Waals surface area contributed by atoms with Gasteiger partial charge in [-0.1, -0.05) is 5.16 Å². The summed E-state index contributed by atoms with van der Waals surface area (Å²) in [6, 6.07) is 1.91. The number of ether oxygens (including phenoxy) is 1. The van der Waals surface area contributed by atoms with Crippen molar-refractivity contribution in [2.24, 2.45) is 13.0 Å². The van der Waals surface area contributed by atoms with E-state index in [0.29, 0.717) is 18.3 Å². The summed E-state index contributed by atoms with van der Waals surface area (Å²) < 4.78 is 15.0. The van der Waals surface area contributed by atoms with Gasteiger partial charge in [0.1, 0.15) is 11.8 Å². The smallest absolute Gasteiger partial charge is 0.256 e. The molecule has 1 aliphatic heterocycles. The molecule has 0 unspecified atom stereocenters. The zero-order valence-corrected chi connectivity index (χ0v) is 12.2. The minimum Gasteiger partial charge on any atom is -0.368 e. The third kappa shape index (κ3) is 2.31. The van der Waals surface area contributed by atoms with Crippen molar-refractivity contribution in [1.82, 2.24) is 29.5 Å². The Kier molecular flexibility index (Phi) is 3.23. The van der Waals surface area contributed by atoms with Crippen LogP contribution in [0.4, 0.5) is 0 Å². The summed E-state index contributed by atoms with van der Waals surface area (Å²) in [7, 11) is 1.89. The van der Waals surface area contributed by atoms with Crippen LogP contribution in [0, 0.1) is 5.92 Å². The van der Waals surface area contributed by atoms with Gasteiger partial charge >= 0.3 is 0 Å². The highest BCUT2D eigenvalue weighted by Gasteiger charge is 2.34. The second kappa shape index (κ2) is 5.38. The molecule has 0 aliphatic carbocycles. The van der Waals surface area contributed by atoms with Crippen LogP contribution in [0.5, 0.6) is 0 Å². The Morgan fingerprint density at radius 1 is 1.41 bits per heavy atom. The number of imidazole rings is 1. The van der Waals surface area contributed by atoms with E-state index in [-0.39, 0.29) is 12.0 Å². The van der Waals surface area contributed by atoms with E-state index in [4.69, 9.17) is 9.26 Å². The van der Waals surface area contributed by atoms with Crippen LogP contribution in [0.2, 0.25) is 0 Å². The summed E-state index contributed by atoms with van der Waals surface area (Å²) in [4.78, 5) is 8.55. The van der Waals surface area contributed by atoms with Crippen molar-refractivity contribution in [1.29, 1.82) is 0 Å². The highest BCUT2D eigenvalue weighted by atomic mass is 16.5. The standard InChI is InChI=1S/C14H16N6O2/c1-19-9-15-7-11(19)13-17-14(22-18-13)12-10(3-6-21-12)8-20-5-2-4-16-20/h2,4-5,7,9-10,12H,3,6,8H2,1H3/t10-,12-/m0/s1. The Morgan fingerprint density at radius 2 is 2.36 bits per heavy atom. The van der Waals surface area contributed by atoms with Gasteiger partial charge in [0.25, 0.3) is 5.89 Å². The zero-order valence-electron chi connectivity index (χ0n) is 12.2. The highest BCUT2D eigenvalue weighted by Crippen LogP contribution is 2.35. The van der Waals surface area contributed by atoms with E-state index in [9.17, 15) is 0 Å². The first kappa shape index (κ1) is 13.2. The van der Waals surface area contributed by atoms with Crippen molar-refractivity contribution in [3.05, 3.63) is 36.9 Å². The van der Waals surface area contributed by atoms with Gasteiger partial charge in [-0.25, -0.2) is 4.98 Å². The van der Waals surface area contributed by atoms with Crippen molar-refractivity contribution in [3.63, 3.8) is 0 Å². The molecule has 3 aromatic rings. The fourth-order valence-electron chi connectivity index (χ4n) is 2.77. The first-order valence-corrected chi connectivity index (χ1v) is 7.20. The average molecular weight is 300 g/mol. The van der Waals surface area contributed by atoms with Gasteiger partial charge in [-0.05, 0) is 12.5 Å². The van der Waals surface area contributed by atoms with Gasteiger partial charge in [-0.3, -0.25) is 4.68 Å². The van der Waals surface area contributed by atoms with Gasteiger partial charge in [0, 0.05) is 38.5 Å². The number of hydrogen-bond acceptors (Lipinski definition) is 6. The van der Waals surface area contributed by atoms with E-state index in [1.807, 2.05) is 28.6 Å². The van der Waals surface area contributed by atoms with Crippen molar-refractivity contribution < 1.29 is 9.26 Å². The molecule has 0 saturated carbocycles. The van der Waals surface area contributed by atoms with E-state index in [1.54, 1.807) is 18.7 Å². The maximum Gasteiger partial charge on any atom is 0.256 e. The average Bonchev–Trinajstić information content (AvgIpc) is 3.24. The molecule has 4 heterocycles. The number of nitrogens with zero attached hydrogens (tertiary/aromatic N) is 6. The molecular formula is C14H16N6O2. The molecular weight excluding hydrogens is 284 g/mol. The Labute approximate surface area is 126 Å². The Hall–Kier alpha value is -2.48. The van der Waals surface area contributed by atoms with Crippen LogP contribution < -0.4 is 0 Å². The molecule has 2 atom stereocenters. The van der Waals surface area contributed by atoms with Crippen LogP contribution in [0.15, 0.2) is 35.5 Å². The molecule has 0 amide bonds.